The first-order valence-electron chi connectivity index (χ1n) is 5.86. The van der Waals surface area contributed by atoms with Gasteiger partial charge in [-0.05, 0) is 19.4 Å². The van der Waals surface area contributed by atoms with Crippen molar-refractivity contribution in [1.82, 2.24) is 0 Å². The zero-order chi connectivity index (χ0) is 14.5. The highest BCUT2D eigenvalue weighted by Gasteiger charge is 2.25. The zero-order valence-electron chi connectivity index (χ0n) is 11.6. The van der Waals surface area contributed by atoms with E-state index in [0.717, 1.165) is 11.8 Å². The van der Waals surface area contributed by atoms with Crippen LogP contribution in [0.4, 0.5) is 0 Å². The van der Waals surface area contributed by atoms with Crippen LogP contribution in [0.1, 0.15) is 25.5 Å². The molecule has 19 heavy (non-hydrogen) atoms. The van der Waals surface area contributed by atoms with E-state index in [1.807, 2.05) is 30.3 Å². The van der Waals surface area contributed by atoms with Crippen molar-refractivity contribution in [2.75, 3.05) is 20.0 Å². The first-order chi connectivity index (χ1) is 8.73. The van der Waals surface area contributed by atoms with Crippen molar-refractivity contribution in [1.29, 1.82) is 0 Å². The molecule has 0 N–H and O–H groups in total. The first kappa shape index (κ1) is 16.1. The van der Waals surface area contributed by atoms with Crippen LogP contribution in [-0.4, -0.2) is 34.2 Å². The third-order valence-corrected chi connectivity index (χ3v) is 3.09. The van der Waals surface area contributed by atoms with Gasteiger partial charge in [0.25, 0.3) is 10.1 Å². The van der Waals surface area contributed by atoms with E-state index in [1.54, 1.807) is 13.8 Å². The molecule has 1 rings (SSSR count). The summed E-state index contributed by atoms with van der Waals surface area (Å²) in [6.07, 6.45) is 0.488. The summed E-state index contributed by atoms with van der Waals surface area (Å²) in [7, 11) is -1.98. The molecule has 0 radical (unpaired) electrons. The molecule has 0 aromatic heterocycles. The Balaban J connectivity index is 2.86. The fraction of sp³-hybridized carbons (Fsp3) is 0.538. The van der Waals surface area contributed by atoms with Crippen molar-refractivity contribution in [3.63, 3.8) is 0 Å². The maximum Gasteiger partial charge on any atom is 0.264 e. The number of hydrogen-bond donors (Lipinski definition) is 0. The van der Waals surface area contributed by atoms with Crippen LogP contribution < -0.4 is 0 Å². The monoisotopic (exact) mass is 288 g/mol. The summed E-state index contributed by atoms with van der Waals surface area (Å²) >= 11 is 0. The van der Waals surface area contributed by atoms with Crippen LogP contribution in [0.5, 0.6) is 0 Å². The maximum atomic E-state index is 11.1. The van der Waals surface area contributed by atoms with E-state index >= 15 is 0 Å². The van der Waals surface area contributed by atoms with E-state index in [1.165, 1.54) is 7.11 Å². The van der Waals surface area contributed by atoms with Gasteiger partial charge in [0.15, 0.2) is 5.79 Å². The molecule has 0 bridgehead atoms. The summed E-state index contributed by atoms with van der Waals surface area (Å²) in [5.41, 5.74) is 0.830. The van der Waals surface area contributed by atoms with Gasteiger partial charge in [0, 0.05) is 7.11 Å². The molecule has 5 nitrogen and oxygen atoms in total. The summed E-state index contributed by atoms with van der Waals surface area (Å²) in [6, 6.07) is 9.28. The highest BCUT2D eigenvalue weighted by molar-refractivity contribution is 7.85. The second kappa shape index (κ2) is 6.47. The lowest BCUT2D eigenvalue weighted by molar-refractivity contribution is -0.230. The average molecular weight is 288 g/mol. The first-order valence-corrected chi connectivity index (χ1v) is 7.67. The van der Waals surface area contributed by atoms with Gasteiger partial charge in [0.2, 0.25) is 0 Å². The van der Waals surface area contributed by atoms with Crippen molar-refractivity contribution in [2.24, 2.45) is 0 Å². The summed E-state index contributed by atoms with van der Waals surface area (Å²) in [5, 5.41) is 0. The Morgan fingerprint density at radius 2 is 1.79 bits per heavy atom. The van der Waals surface area contributed by atoms with Gasteiger partial charge < -0.3 is 9.47 Å². The van der Waals surface area contributed by atoms with E-state index < -0.39 is 22.0 Å². The Labute approximate surface area is 114 Å². The summed E-state index contributed by atoms with van der Waals surface area (Å²) in [5.74, 6) is -0.832. The lowest BCUT2D eigenvalue weighted by Gasteiger charge is -2.29. The van der Waals surface area contributed by atoms with E-state index in [-0.39, 0.29) is 6.61 Å². The highest BCUT2D eigenvalue weighted by Crippen LogP contribution is 2.25. The van der Waals surface area contributed by atoms with Gasteiger partial charge >= 0.3 is 0 Å². The molecule has 0 aliphatic carbocycles. The number of hydrogen-bond acceptors (Lipinski definition) is 5. The zero-order valence-corrected chi connectivity index (χ0v) is 12.4. The number of rotatable bonds is 7. The van der Waals surface area contributed by atoms with E-state index in [0.29, 0.717) is 0 Å². The Kier molecular flexibility index (Phi) is 5.49. The molecule has 0 spiro atoms. The third kappa shape index (κ3) is 6.15. The molecular weight excluding hydrogens is 268 g/mol. The predicted octanol–water partition coefficient (Wildman–Crippen LogP) is 2.10. The SMILES string of the molecule is COC(C)(C)OC(COS(C)(=O)=O)c1ccccc1. The number of methoxy groups -OCH3 is 1. The van der Waals surface area contributed by atoms with Crippen molar-refractivity contribution >= 4 is 10.1 Å². The molecule has 0 saturated carbocycles. The summed E-state index contributed by atoms with van der Waals surface area (Å²) in [6.45, 7) is 3.42. The normalized spacial score (nSPS) is 14.3. The predicted molar refractivity (Wildman–Crippen MR) is 72.2 cm³/mol. The van der Waals surface area contributed by atoms with Crippen LogP contribution in [-0.2, 0) is 23.8 Å². The topological polar surface area (TPSA) is 61.8 Å². The van der Waals surface area contributed by atoms with Gasteiger partial charge in [-0.25, -0.2) is 0 Å². The fourth-order valence-corrected chi connectivity index (χ4v) is 1.81. The molecule has 0 amide bonds. The van der Waals surface area contributed by atoms with Crippen LogP contribution in [0, 0.1) is 0 Å². The van der Waals surface area contributed by atoms with Gasteiger partial charge in [-0.1, -0.05) is 30.3 Å². The lowest BCUT2D eigenvalue weighted by atomic mass is 10.1. The van der Waals surface area contributed by atoms with Crippen molar-refractivity contribution in [2.45, 2.75) is 25.7 Å². The van der Waals surface area contributed by atoms with Gasteiger partial charge in [-0.2, -0.15) is 8.42 Å². The molecule has 1 aromatic rings. The minimum atomic E-state index is -3.51. The second-order valence-corrected chi connectivity index (χ2v) is 6.25. The van der Waals surface area contributed by atoms with E-state index in [9.17, 15) is 8.42 Å². The molecule has 0 fully saturated rings. The Morgan fingerprint density at radius 1 is 1.21 bits per heavy atom. The quantitative estimate of drug-likeness (QED) is 0.568. The molecule has 6 heteroatoms. The minimum absolute atomic E-state index is 0.0877. The van der Waals surface area contributed by atoms with Crippen LogP contribution in [0.15, 0.2) is 30.3 Å². The van der Waals surface area contributed by atoms with Crippen LogP contribution in [0.25, 0.3) is 0 Å². The summed E-state index contributed by atoms with van der Waals surface area (Å²) in [4.78, 5) is 0. The van der Waals surface area contributed by atoms with Gasteiger partial charge in [0.1, 0.15) is 6.10 Å². The van der Waals surface area contributed by atoms with Crippen LogP contribution >= 0.6 is 0 Å². The second-order valence-electron chi connectivity index (χ2n) is 4.61. The molecule has 0 aliphatic heterocycles. The van der Waals surface area contributed by atoms with Crippen molar-refractivity contribution < 1.29 is 22.1 Å². The average Bonchev–Trinajstić information content (AvgIpc) is 2.34. The minimum Gasteiger partial charge on any atom is -0.354 e. The number of benzene rings is 1. The van der Waals surface area contributed by atoms with Crippen LogP contribution in [0.3, 0.4) is 0 Å². The highest BCUT2D eigenvalue weighted by atomic mass is 32.2. The lowest BCUT2D eigenvalue weighted by Crippen LogP contribution is -2.31. The molecular formula is C13H20O5S. The standard InChI is InChI=1S/C13H20O5S/c1-13(2,16-3)18-12(10-17-19(4,14)15)11-8-6-5-7-9-11/h5-9,12H,10H2,1-4H3. The Hall–Kier alpha value is -0.950. The molecule has 0 heterocycles. The fourth-order valence-electron chi connectivity index (χ4n) is 1.44. The molecule has 1 atom stereocenters. The number of ether oxygens (including phenoxy) is 2. The molecule has 108 valence electrons. The molecule has 0 aliphatic rings. The van der Waals surface area contributed by atoms with Crippen LogP contribution in [0.2, 0.25) is 0 Å². The van der Waals surface area contributed by atoms with Gasteiger partial charge in [-0.3, -0.25) is 4.18 Å². The summed E-state index contributed by atoms with van der Waals surface area (Å²) < 4.78 is 38.0. The molecule has 0 saturated heterocycles. The van der Waals surface area contributed by atoms with E-state index in [2.05, 4.69) is 0 Å². The Bertz CT molecular complexity index is 481. The maximum absolute atomic E-state index is 11.1. The Morgan fingerprint density at radius 3 is 2.26 bits per heavy atom. The largest absolute Gasteiger partial charge is 0.354 e. The van der Waals surface area contributed by atoms with Crippen molar-refractivity contribution in [3.8, 4) is 0 Å². The van der Waals surface area contributed by atoms with Gasteiger partial charge in [-0.15, -0.1) is 0 Å². The smallest absolute Gasteiger partial charge is 0.264 e. The van der Waals surface area contributed by atoms with Crippen molar-refractivity contribution in [3.05, 3.63) is 35.9 Å². The van der Waals surface area contributed by atoms with Gasteiger partial charge in [0.05, 0.1) is 12.9 Å². The van der Waals surface area contributed by atoms with E-state index in [4.69, 9.17) is 13.7 Å². The third-order valence-electron chi connectivity index (χ3n) is 2.52. The molecule has 1 unspecified atom stereocenters. The molecule has 1 aromatic carbocycles.